The van der Waals surface area contributed by atoms with Crippen LogP contribution in [0, 0.1) is 5.92 Å². The van der Waals surface area contributed by atoms with Crippen LogP contribution in [0.1, 0.15) is 12.8 Å². The van der Waals surface area contributed by atoms with E-state index in [1.165, 1.54) is 25.9 Å². The van der Waals surface area contributed by atoms with Crippen LogP contribution in [0.2, 0.25) is 0 Å². The molecule has 0 spiro atoms. The van der Waals surface area contributed by atoms with Gasteiger partial charge in [0, 0.05) is 20.2 Å². The van der Waals surface area contributed by atoms with Crippen molar-refractivity contribution >= 4 is 0 Å². The standard InChI is InChI=1S/C9H18N2O/c1-12-9(6-10)7-11-4-2-8(9)3-5-11/h8H,2-7,10H2,1H3. The highest BCUT2D eigenvalue weighted by Gasteiger charge is 2.45. The van der Waals surface area contributed by atoms with E-state index in [2.05, 4.69) is 4.90 Å². The summed E-state index contributed by atoms with van der Waals surface area (Å²) in [6.45, 7) is 4.21. The lowest BCUT2D eigenvalue weighted by molar-refractivity contribution is -0.128. The van der Waals surface area contributed by atoms with Gasteiger partial charge in [0.2, 0.25) is 0 Å². The van der Waals surface area contributed by atoms with E-state index in [4.69, 9.17) is 10.5 Å². The molecule has 3 saturated heterocycles. The van der Waals surface area contributed by atoms with E-state index < -0.39 is 0 Å². The molecule has 1 unspecified atom stereocenters. The third-order valence-corrected chi connectivity index (χ3v) is 3.57. The van der Waals surface area contributed by atoms with Crippen molar-refractivity contribution in [1.82, 2.24) is 4.90 Å². The molecule has 2 bridgehead atoms. The third-order valence-electron chi connectivity index (χ3n) is 3.57. The highest BCUT2D eigenvalue weighted by Crippen LogP contribution is 2.36. The third kappa shape index (κ3) is 1.08. The number of hydrogen-bond donors (Lipinski definition) is 1. The van der Waals surface area contributed by atoms with Gasteiger partial charge in [0.05, 0.1) is 5.60 Å². The zero-order valence-electron chi connectivity index (χ0n) is 7.75. The topological polar surface area (TPSA) is 38.5 Å². The molecule has 0 amide bonds. The molecule has 2 N–H and O–H groups in total. The van der Waals surface area contributed by atoms with Gasteiger partial charge in [-0.1, -0.05) is 0 Å². The average Bonchev–Trinajstić information content (AvgIpc) is 2.19. The maximum Gasteiger partial charge on any atom is 0.0955 e. The number of hydrogen-bond acceptors (Lipinski definition) is 3. The first-order chi connectivity index (χ1) is 5.80. The van der Waals surface area contributed by atoms with Gasteiger partial charge in [-0.3, -0.25) is 0 Å². The second-order valence-corrected chi connectivity index (χ2v) is 4.02. The van der Waals surface area contributed by atoms with E-state index in [-0.39, 0.29) is 5.60 Å². The molecule has 1 atom stereocenters. The Hall–Kier alpha value is -0.120. The number of ether oxygens (including phenoxy) is 1. The summed E-state index contributed by atoms with van der Waals surface area (Å²) in [7, 11) is 1.80. The summed E-state index contributed by atoms with van der Waals surface area (Å²) in [6, 6.07) is 0. The first-order valence-electron chi connectivity index (χ1n) is 4.78. The highest BCUT2D eigenvalue weighted by atomic mass is 16.5. The normalized spacial score (nSPS) is 46.5. The average molecular weight is 170 g/mol. The van der Waals surface area contributed by atoms with Crippen LogP contribution in [-0.2, 0) is 4.74 Å². The van der Waals surface area contributed by atoms with E-state index in [9.17, 15) is 0 Å². The zero-order chi connectivity index (χ0) is 8.60. The molecule has 0 aliphatic carbocycles. The van der Waals surface area contributed by atoms with E-state index in [0.717, 1.165) is 6.54 Å². The van der Waals surface area contributed by atoms with Gasteiger partial charge in [0.25, 0.3) is 0 Å². The Bertz CT molecular complexity index is 160. The van der Waals surface area contributed by atoms with Gasteiger partial charge in [-0.05, 0) is 31.8 Å². The summed E-state index contributed by atoms with van der Waals surface area (Å²) >= 11 is 0. The first-order valence-corrected chi connectivity index (χ1v) is 4.78. The minimum Gasteiger partial charge on any atom is -0.375 e. The van der Waals surface area contributed by atoms with Crippen molar-refractivity contribution in [3.05, 3.63) is 0 Å². The summed E-state index contributed by atoms with van der Waals surface area (Å²) in [6.07, 6.45) is 2.54. The molecular formula is C9H18N2O. The van der Waals surface area contributed by atoms with Crippen molar-refractivity contribution < 1.29 is 4.74 Å². The van der Waals surface area contributed by atoms with Crippen LogP contribution in [0.15, 0.2) is 0 Å². The van der Waals surface area contributed by atoms with Crippen LogP contribution in [0.3, 0.4) is 0 Å². The number of rotatable bonds is 2. The van der Waals surface area contributed by atoms with Crippen molar-refractivity contribution in [1.29, 1.82) is 0 Å². The van der Waals surface area contributed by atoms with Gasteiger partial charge in [-0.15, -0.1) is 0 Å². The molecule has 0 aromatic heterocycles. The molecule has 3 heterocycles. The van der Waals surface area contributed by atoms with Crippen molar-refractivity contribution in [2.75, 3.05) is 33.3 Å². The Kier molecular flexibility index (Phi) is 2.10. The van der Waals surface area contributed by atoms with Gasteiger partial charge in [-0.2, -0.15) is 0 Å². The molecule has 3 rings (SSSR count). The maximum atomic E-state index is 5.78. The minimum atomic E-state index is -0.0174. The number of fused-ring (bicyclic) bond motifs is 3. The summed E-state index contributed by atoms with van der Waals surface area (Å²) in [5.41, 5.74) is 5.77. The second-order valence-electron chi connectivity index (χ2n) is 4.02. The van der Waals surface area contributed by atoms with Crippen LogP contribution in [0.25, 0.3) is 0 Å². The summed E-state index contributed by atoms with van der Waals surface area (Å²) in [4.78, 5) is 2.47. The molecule has 0 aromatic rings. The molecule has 3 nitrogen and oxygen atoms in total. The lowest BCUT2D eigenvalue weighted by atomic mass is 9.75. The van der Waals surface area contributed by atoms with Crippen molar-refractivity contribution in [3.8, 4) is 0 Å². The zero-order valence-corrected chi connectivity index (χ0v) is 7.75. The summed E-state index contributed by atoms with van der Waals surface area (Å²) < 4.78 is 5.60. The Morgan fingerprint density at radius 1 is 1.50 bits per heavy atom. The van der Waals surface area contributed by atoms with E-state index in [0.29, 0.717) is 12.5 Å². The molecule has 3 heteroatoms. The monoisotopic (exact) mass is 170 g/mol. The predicted octanol–water partition coefficient (Wildman–Crippen LogP) is 0.0559. The van der Waals surface area contributed by atoms with Gasteiger partial charge in [0.1, 0.15) is 0 Å². The predicted molar refractivity (Wildman–Crippen MR) is 48.0 cm³/mol. The SMILES string of the molecule is COC1(CN)CN2CCC1CC2. The Balaban J connectivity index is 2.15. The van der Waals surface area contributed by atoms with Gasteiger partial charge in [-0.25, -0.2) is 0 Å². The lowest BCUT2D eigenvalue weighted by Gasteiger charge is -2.51. The molecule has 12 heavy (non-hydrogen) atoms. The van der Waals surface area contributed by atoms with Crippen LogP contribution >= 0.6 is 0 Å². The highest BCUT2D eigenvalue weighted by molar-refractivity contribution is 5.00. The summed E-state index contributed by atoms with van der Waals surface area (Å²) in [5, 5.41) is 0. The number of piperidine rings is 3. The summed E-state index contributed by atoms with van der Waals surface area (Å²) in [5.74, 6) is 0.706. The molecule has 0 saturated carbocycles. The molecule has 0 radical (unpaired) electrons. The van der Waals surface area contributed by atoms with Gasteiger partial charge in [0.15, 0.2) is 0 Å². The quantitative estimate of drug-likeness (QED) is 0.636. The molecule has 70 valence electrons. The Morgan fingerprint density at radius 3 is 2.42 bits per heavy atom. The Morgan fingerprint density at radius 2 is 2.17 bits per heavy atom. The van der Waals surface area contributed by atoms with E-state index in [1.54, 1.807) is 7.11 Å². The lowest BCUT2D eigenvalue weighted by Crippen LogP contribution is -2.63. The fourth-order valence-corrected chi connectivity index (χ4v) is 2.67. The second kappa shape index (κ2) is 2.98. The van der Waals surface area contributed by atoms with E-state index >= 15 is 0 Å². The number of nitrogens with zero attached hydrogens (tertiary/aromatic N) is 1. The van der Waals surface area contributed by atoms with Crippen LogP contribution in [-0.4, -0.2) is 43.8 Å². The van der Waals surface area contributed by atoms with Crippen molar-refractivity contribution in [2.45, 2.75) is 18.4 Å². The molecular weight excluding hydrogens is 152 g/mol. The maximum absolute atomic E-state index is 5.78. The first kappa shape index (κ1) is 8.48. The Labute approximate surface area is 73.9 Å². The molecule has 3 fully saturated rings. The van der Waals surface area contributed by atoms with E-state index in [1.807, 2.05) is 0 Å². The number of nitrogens with two attached hydrogens (primary N) is 1. The van der Waals surface area contributed by atoms with Crippen molar-refractivity contribution in [3.63, 3.8) is 0 Å². The number of methoxy groups -OCH3 is 1. The largest absolute Gasteiger partial charge is 0.375 e. The molecule has 3 aliphatic rings. The molecule has 3 aliphatic heterocycles. The molecule has 0 aromatic carbocycles. The fraction of sp³-hybridized carbons (Fsp3) is 1.00. The van der Waals surface area contributed by atoms with Crippen LogP contribution in [0.5, 0.6) is 0 Å². The van der Waals surface area contributed by atoms with Crippen LogP contribution < -0.4 is 5.73 Å². The van der Waals surface area contributed by atoms with Crippen molar-refractivity contribution in [2.24, 2.45) is 11.7 Å². The smallest absolute Gasteiger partial charge is 0.0955 e. The van der Waals surface area contributed by atoms with Gasteiger partial charge < -0.3 is 15.4 Å². The van der Waals surface area contributed by atoms with Crippen LogP contribution in [0.4, 0.5) is 0 Å². The minimum absolute atomic E-state index is 0.0174. The van der Waals surface area contributed by atoms with Gasteiger partial charge >= 0.3 is 0 Å². The fourth-order valence-electron chi connectivity index (χ4n) is 2.67.